The molecule has 0 unspecified atom stereocenters. The van der Waals surface area contributed by atoms with Crippen LogP contribution >= 0.6 is 0 Å². The number of aryl methyl sites for hydroxylation is 1. The molecular formula is C10H8FNO2. The van der Waals surface area contributed by atoms with E-state index in [2.05, 4.69) is 21.6 Å². The second-order valence-electron chi connectivity index (χ2n) is 2.56. The summed E-state index contributed by atoms with van der Waals surface area (Å²) in [6.45, 7) is 1.60. The lowest BCUT2D eigenvalue weighted by molar-refractivity contribution is -0.133. The van der Waals surface area contributed by atoms with Crippen molar-refractivity contribution in [2.24, 2.45) is 0 Å². The van der Waals surface area contributed by atoms with E-state index in [9.17, 15) is 9.18 Å². The lowest BCUT2D eigenvalue weighted by Crippen LogP contribution is -1.95. The number of esters is 1. The van der Waals surface area contributed by atoms with Gasteiger partial charge in [0.15, 0.2) is 0 Å². The fourth-order valence-corrected chi connectivity index (χ4v) is 0.774. The first-order valence-electron chi connectivity index (χ1n) is 3.85. The van der Waals surface area contributed by atoms with Crippen LogP contribution in [0, 0.1) is 24.6 Å². The Morgan fingerprint density at radius 1 is 1.64 bits per heavy atom. The highest BCUT2D eigenvalue weighted by molar-refractivity contribution is 5.88. The third kappa shape index (κ3) is 2.56. The maximum atomic E-state index is 12.8. The van der Waals surface area contributed by atoms with Crippen molar-refractivity contribution < 1.29 is 13.9 Å². The Bertz CT molecular complexity index is 418. The Morgan fingerprint density at radius 2 is 2.36 bits per heavy atom. The van der Waals surface area contributed by atoms with Crippen molar-refractivity contribution in [1.29, 1.82) is 0 Å². The standard InChI is InChI=1S/C10H8FNO2/c1-7-5-8(12-6-9(7)11)3-4-10(13)14-2/h5-6H,1-2H3. The van der Waals surface area contributed by atoms with Crippen molar-refractivity contribution in [1.82, 2.24) is 4.98 Å². The molecule has 0 N–H and O–H groups in total. The molecule has 0 saturated heterocycles. The zero-order valence-electron chi connectivity index (χ0n) is 7.80. The summed E-state index contributed by atoms with van der Waals surface area (Å²) in [5, 5.41) is 0. The fourth-order valence-electron chi connectivity index (χ4n) is 0.774. The Balaban J connectivity index is 2.91. The predicted octanol–water partition coefficient (Wildman–Crippen LogP) is 1.05. The second-order valence-corrected chi connectivity index (χ2v) is 2.56. The predicted molar refractivity (Wildman–Crippen MR) is 47.8 cm³/mol. The van der Waals surface area contributed by atoms with Crippen molar-refractivity contribution in [3.8, 4) is 11.8 Å². The van der Waals surface area contributed by atoms with E-state index in [4.69, 9.17) is 0 Å². The van der Waals surface area contributed by atoms with Crippen molar-refractivity contribution >= 4 is 5.97 Å². The molecule has 14 heavy (non-hydrogen) atoms. The van der Waals surface area contributed by atoms with Gasteiger partial charge in [-0.15, -0.1) is 0 Å². The van der Waals surface area contributed by atoms with Crippen LogP contribution in [0.5, 0.6) is 0 Å². The van der Waals surface area contributed by atoms with E-state index in [-0.39, 0.29) is 0 Å². The molecule has 0 spiro atoms. The van der Waals surface area contributed by atoms with Crippen molar-refractivity contribution in [3.05, 3.63) is 29.3 Å². The quantitative estimate of drug-likeness (QED) is 0.456. The highest BCUT2D eigenvalue weighted by atomic mass is 19.1. The maximum absolute atomic E-state index is 12.8. The summed E-state index contributed by atoms with van der Waals surface area (Å²) >= 11 is 0. The first-order chi connectivity index (χ1) is 6.63. The molecule has 0 aliphatic heterocycles. The fraction of sp³-hybridized carbons (Fsp3) is 0.200. The third-order valence-corrected chi connectivity index (χ3v) is 1.52. The van der Waals surface area contributed by atoms with E-state index in [0.717, 1.165) is 6.20 Å². The molecule has 3 nitrogen and oxygen atoms in total. The highest BCUT2D eigenvalue weighted by Gasteiger charge is 1.98. The molecule has 0 amide bonds. The lowest BCUT2D eigenvalue weighted by atomic mass is 10.2. The van der Waals surface area contributed by atoms with E-state index < -0.39 is 11.8 Å². The van der Waals surface area contributed by atoms with Gasteiger partial charge >= 0.3 is 5.97 Å². The minimum atomic E-state index is -0.645. The Kier molecular flexibility index (Phi) is 3.19. The summed E-state index contributed by atoms with van der Waals surface area (Å²) in [6, 6.07) is 1.46. The Hall–Kier alpha value is -1.89. The van der Waals surface area contributed by atoms with Gasteiger partial charge in [0.05, 0.1) is 13.3 Å². The molecule has 0 saturated carbocycles. The number of carbonyl (C=O) groups is 1. The largest absolute Gasteiger partial charge is 0.459 e. The molecule has 0 bridgehead atoms. The van der Waals surface area contributed by atoms with Crippen LogP contribution in [0.4, 0.5) is 4.39 Å². The van der Waals surface area contributed by atoms with E-state index in [1.807, 2.05) is 0 Å². The van der Waals surface area contributed by atoms with E-state index in [1.165, 1.54) is 13.2 Å². The van der Waals surface area contributed by atoms with Crippen LogP contribution in [-0.2, 0) is 9.53 Å². The molecule has 1 heterocycles. The lowest BCUT2D eigenvalue weighted by Gasteiger charge is -1.94. The minimum Gasteiger partial charge on any atom is -0.459 e. The molecule has 1 rings (SSSR count). The number of halogens is 1. The Morgan fingerprint density at radius 3 is 2.93 bits per heavy atom. The molecule has 1 aromatic rings. The number of nitrogens with zero attached hydrogens (tertiary/aromatic N) is 1. The van der Waals surface area contributed by atoms with Gasteiger partial charge < -0.3 is 4.74 Å². The normalized spacial score (nSPS) is 8.79. The van der Waals surface area contributed by atoms with Gasteiger partial charge in [-0.1, -0.05) is 0 Å². The smallest absolute Gasteiger partial charge is 0.384 e. The number of hydrogen-bond acceptors (Lipinski definition) is 3. The van der Waals surface area contributed by atoms with Crippen LogP contribution in [0.1, 0.15) is 11.3 Å². The van der Waals surface area contributed by atoms with Crippen molar-refractivity contribution in [3.63, 3.8) is 0 Å². The molecule has 1 aromatic heterocycles. The monoisotopic (exact) mass is 193 g/mol. The summed E-state index contributed by atoms with van der Waals surface area (Å²) in [6.07, 6.45) is 1.07. The van der Waals surface area contributed by atoms with Crippen LogP contribution in [-0.4, -0.2) is 18.1 Å². The van der Waals surface area contributed by atoms with E-state index in [1.54, 1.807) is 6.92 Å². The van der Waals surface area contributed by atoms with Gasteiger partial charge in [-0.3, -0.25) is 0 Å². The topological polar surface area (TPSA) is 39.2 Å². The van der Waals surface area contributed by atoms with Crippen LogP contribution in [0.15, 0.2) is 12.3 Å². The molecule has 0 aromatic carbocycles. The van der Waals surface area contributed by atoms with Gasteiger partial charge in [0, 0.05) is 5.92 Å². The molecule has 0 fully saturated rings. The molecule has 0 radical (unpaired) electrons. The maximum Gasteiger partial charge on any atom is 0.384 e. The number of pyridine rings is 1. The Labute approximate surface area is 80.9 Å². The summed E-state index contributed by atoms with van der Waals surface area (Å²) in [4.78, 5) is 14.3. The van der Waals surface area contributed by atoms with Crippen LogP contribution < -0.4 is 0 Å². The van der Waals surface area contributed by atoms with E-state index in [0.29, 0.717) is 11.3 Å². The van der Waals surface area contributed by atoms with Crippen molar-refractivity contribution in [2.45, 2.75) is 6.92 Å². The average molecular weight is 193 g/mol. The molecule has 72 valence electrons. The van der Waals surface area contributed by atoms with Crippen LogP contribution in [0.2, 0.25) is 0 Å². The van der Waals surface area contributed by atoms with Crippen molar-refractivity contribution in [2.75, 3.05) is 7.11 Å². The molecule has 4 heteroatoms. The minimum absolute atomic E-state index is 0.342. The summed E-state index contributed by atoms with van der Waals surface area (Å²) < 4.78 is 17.1. The number of hydrogen-bond donors (Lipinski definition) is 0. The SMILES string of the molecule is COC(=O)C#Cc1cc(C)c(F)cn1. The second kappa shape index (κ2) is 4.38. The number of methoxy groups -OCH3 is 1. The van der Waals surface area contributed by atoms with Gasteiger partial charge in [-0.2, -0.15) is 0 Å². The van der Waals surface area contributed by atoms with Gasteiger partial charge in [0.25, 0.3) is 0 Å². The molecular weight excluding hydrogens is 185 g/mol. The number of aromatic nitrogens is 1. The molecule has 0 aliphatic carbocycles. The van der Waals surface area contributed by atoms with Gasteiger partial charge in [0.2, 0.25) is 0 Å². The average Bonchev–Trinajstić information content (AvgIpc) is 2.19. The highest BCUT2D eigenvalue weighted by Crippen LogP contribution is 2.04. The summed E-state index contributed by atoms with van der Waals surface area (Å²) in [5.41, 5.74) is 0.781. The van der Waals surface area contributed by atoms with Gasteiger partial charge in [-0.25, -0.2) is 14.2 Å². The third-order valence-electron chi connectivity index (χ3n) is 1.52. The number of rotatable bonds is 0. The van der Waals surface area contributed by atoms with Crippen LogP contribution in [0.3, 0.4) is 0 Å². The first-order valence-corrected chi connectivity index (χ1v) is 3.85. The number of ether oxygens (including phenoxy) is 1. The first kappa shape index (κ1) is 10.2. The van der Waals surface area contributed by atoms with Crippen LogP contribution in [0.25, 0.3) is 0 Å². The number of carbonyl (C=O) groups excluding carboxylic acids is 1. The van der Waals surface area contributed by atoms with E-state index >= 15 is 0 Å². The molecule has 0 aliphatic rings. The summed E-state index contributed by atoms with van der Waals surface area (Å²) in [7, 11) is 1.24. The van der Waals surface area contributed by atoms with Gasteiger partial charge in [0.1, 0.15) is 11.5 Å². The zero-order valence-corrected chi connectivity index (χ0v) is 7.80. The van der Waals surface area contributed by atoms with Gasteiger partial charge in [-0.05, 0) is 24.5 Å². The summed E-state index contributed by atoms with van der Waals surface area (Å²) in [5.74, 6) is 3.62. The zero-order chi connectivity index (χ0) is 10.6. The molecule has 0 atom stereocenters.